The van der Waals surface area contributed by atoms with E-state index in [1.807, 2.05) is 24.3 Å². The second-order valence-corrected chi connectivity index (χ2v) is 32.2. The van der Waals surface area contributed by atoms with Crippen LogP contribution in [0.4, 0.5) is 0 Å². The lowest BCUT2D eigenvalue weighted by Gasteiger charge is -2.41. The molecule has 0 aliphatic carbocycles. The average molecular weight is 1780 g/mol. The summed E-state index contributed by atoms with van der Waals surface area (Å²) in [5, 5.41) is 169. The third kappa shape index (κ3) is 19.4. The Morgan fingerprint density at radius 2 is 1.14 bits per heavy atom. The van der Waals surface area contributed by atoms with Crippen LogP contribution in [0.15, 0.2) is 140 Å². The molecular formula is C88H92Cl2N8O28. The lowest BCUT2D eigenvalue weighted by molar-refractivity contribution is -0.277. The Labute approximate surface area is 728 Å². The Morgan fingerprint density at radius 3 is 1.83 bits per heavy atom. The molecule has 8 aliphatic rings. The highest BCUT2D eigenvalue weighted by Gasteiger charge is 2.51. The number of phenolic OH excluding ortho intramolecular Hbond substituents is 4. The van der Waals surface area contributed by atoms with Gasteiger partial charge in [0.25, 0.3) is 0 Å². The molecule has 21 N–H and O–H groups in total. The first kappa shape index (κ1) is 90.1. The lowest BCUT2D eigenvalue weighted by Crippen LogP contribution is -2.65. The van der Waals surface area contributed by atoms with E-state index in [0.717, 1.165) is 117 Å². The molecule has 8 aromatic rings. The number of carboxylic acid groups (broad SMARTS) is 2. The Bertz CT molecular complexity index is 5460. The molecule has 0 aromatic heterocycles. The Balaban J connectivity index is 0.970. The first-order valence-electron chi connectivity index (χ1n) is 40.6. The van der Waals surface area contributed by atoms with E-state index in [0.29, 0.717) is 11.1 Å². The number of ether oxygens (including phenoxy) is 7. The van der Waals surface area contributed by atoms with Gasteiger partial charge in [0.2, 0.25) is 53.8 Å². The van der Waals surface area contributed by atoms with Crippen molar-refractivity contribution in [1.82, 2.24) is 42.5 Å². The van der Waals surface area contributed by atoms with Gasteiger partial charge < -0.3 is 142 Å². The number of carbonyl (C=O) groups is 8. The smallest absolute Gasteiger partial charge is 0.335 e. The van der Waals surface area contributed by atoms with Crippen LogP contribution < -0.4 is 66.2 Å². The van der Waals surface area contributed by atoms with E-state index < -0.39 is 265 Å². The van der Waals surface area contributed by atoms with Gasteiger partial charge in [-0.3, -0.25) is 28.8 Å². The highest BCUT2D eigenvalue weighted by atomic mass is 35.5. The van der Waals surface area contributed by atoms with Gasteiger partial charge in [0, 0.05) is 47.4 Å². The molecule has 8 heterocycles. The fourth-order valence-corrected chi connectivity index (χ4v) is 16.4. The number of aliphatic hydroxyl groups excluding tert-OH is 7. The van der Waals surface area contributed by atoms with Crippen molar-refractivity contribution in [2.75, 3.05) is 13.7 Å². The second kappa shape index (κ2) is 38.8. The number of fused-ring (bicyclic) bond motifs is 14. The molecule has 4 unspecified atom stereocenters. The van der Waals surface area contributed by atoms with E-state index >= 15 is 24.0 Å². The first-order chi connectivity index (χ1) is 60.4. The first-order valence-corrected chi connectivity index (χ1v) is 41.4. The van der Waals surface area contributed by atoms with Crippen LogP contribution in [0, 0.1) is 0 Å². The predicted octanol–water partition coefficient (Wildman–Crippen LogP) is 5.76. The molecule has 16 rings (SSSR count). The van der Waals surface area contributed by atoms with E-state index in [2.05, 4.69) is 49.5 Å². The zero-order valence-electron chi connectivity index (χ0n) is 67.4. The molecule has 0 radical (unpaired) electrons. The number of likely N-dealkylation sites (N-methyl/N-ethyl adjacent to an activating group) is 1. The van der Waals surface area contributed by atoms with Crippen molar-refractivity contribution in [3.63, 3.8) is 0 Å². The molecule has 38 heteroatoms. The van der Waals surface area contributed by atoms with Crippen molar-refractivity contribution in [3.05, 3.63) is 200 Å². The number of aliphatic hydroxyl groups is 7. The lowest BCUT2D eigenvalue weighted by atomic mass is 9.89. The minimum absolute atomic E-state index is 0.0803. The summed E-state index contributed by atoms with van der Waals surface area (Å²) in [5.41, 5.74) is -1.41. The number of benzene rings is 8. The summed E-state index contributed by atoms with van der Waals surface area (Å²) < 4.78 is 44.5. The fraction of sp³-hybridized carbons (Fsp3) is 0.364. The van der Waals surface area contributed by atoms with Gasteiger partial charge in [-0.05, 0) is 132 Å². The van der Waals surface area contributed by atoms with Crippen molar-refractivity contribution in [2.45, 2.75) is 187 Å². The normalized spacial score (nSPS) is 26.0. The third-order valence-electron chi connectivity index (χ3n) is 22.8. The van der Waals surface area contributed by atoms with Gasteiger partial charge in [-0.1, -0.05) is 130 Å². The summed E-state index contributed by atoms with van der Waals surface area (Å²) in [7, 11) is 1.43. The monoisotopic (exact) mass is 1780 g/mol. The van der Waals surface area contributed by atoms with Crippen molar-refractivity contribution in [2.24, 2.45) is 0 Å². The molecule has 666 valence electrons. The largest absolute Gasteiger partial charge is 0.508 e. The molecule has 0 saturated carbocycles. The summed E-state index contributed by atoms with van der Waals surface area (Å²) >= 11 is 14.2. The SMILES string of the molecule is CCCCCCCCCCc1ccc(CNC2[C@H](Oc3c4cc5cc3Oc3ccc(cc3Cl)[C@@H](O)C3NC(=O)[C@H](NC(=O)[C@@H]5NC(=O)[C@H]5NC(=O)[C@@H](Cc6ccc(cc6)O4)NC(=O)[C@H](NC)c4ccc(O)c(c4)Oc4cc(O)c(Cl)c5c4)c4ccc(O)c(c4)-c4c(O[C@H]5O[C@H](CO)[C@@H](O)[C@H](O)[C@@H]5O)cc(O)cc4[C@@H](C(=O)O)NC3=O)OC(C(=O)O)C(O)[C@@H]2O)cc1. The predicted molar refractivity (Wildman–Crippen MR) is 443 cm³/mol. The van der Waals surface area contributed by atoms with Crippen molar-refractivity contribution in [3.8, 4) is 80.1 Å². The molecule has 2 fully saturated rings. The van der Waals surface area contributed by atoms with Gasteiger partial charge in [0.15, 0.2) is 35.1 Å². The number of aliphatic carboxylic acids is 2. The number of rotatable bonds is 20. The van der Waals surface area contributed by atoms with E-state index in [9.17, 15) is 80.8 Å². The van der Waals surface area contributed by atoms with Gasteiger partial charge in [-0.25, -0.2) is 9.59 Å². The summed E-state index contributed by atoms with van der Waals surface area (Å²) in [6.07, 6.45) is -11.4. The van der Waals surface area contributed by atoms with E-state index in [1.165, 1.54) is 68.8 Å². The minimum Gasteiger partial charge on any atom is -0.508 e. The van der Waals surface area contributed by atoms with Crippen LogP contribution in [-0.4, -0.2) is 201 Å². The molecule has 6 amide bonds. The molecule has 8 aliphatic heterocycles. The van der Waals surface area contributed by atoms with Crippen molar-refractivity contribution in [1.29, 1.82) is 0 Å². The quantitative estimate of drug-likeness (QED) is 0.0403. The Morgan fingerprint density at radius 1 is 0.508 bits per heavy atom. The highest BCUT2D eigenvalue weighted by Crippen LogP contribution is 2.51. The summed E-state index contributed by atoms with van der Waals surface area (Å²) in [5.74, 6) is -18.2. The maximum Gasteiger partial charge on any atom is 0.335 e. The van der Waals surface area contributed by atoms with Gasteiger partial charge in [0.1, 0.15) is 119 Å². The number of nitrogens with one attached hydrogen (secondary N) is 8. The van der Waals surface area contributed by atoms with Crippen molar-refractivity contribution >= 4 is 70.6 Å². The zero-order chi connectivity index (χ0) is 89.8. The Kier molecular flexibility index (Phi) is 27.7. The number of hydrogen-bond acceptors (Lipinski definition) is 28. The van der Waals surface area contributed by atoms with Crippen LogP contribution in [0.1, 0.15) is 145 Å². The molecular weight excluding hydrogens is 1690 g/mol. The minimum atomic E-state index is -2.44. The van der Waals surface area contributed by atoms with Crippen LogP contribution in [0.5, 0.6) is 69.0 Å². The van der Waals surface area contributed by atoms with Gasteiger partial charge in [-0.2, -0.15) is 0 Å². The maximum absolute atomic E-state index is 16.7. The van der Waals surface area contributed by atoms with Crippen molar-refractivity contribution < 1.29 is 138 Å². The summed E-state index contributed by atoms with van der Waals surface area (Å²) in [6.45, 7) is 1.10. The second-order valence-electron chi connectivity index (χ2n) is 31.4. The number of unbranched alkanes of at least 4 members (excludes halogenated alkanes) is 7. The van der Waals surface area contributed by atoms with Crippen LogP contribution in [0.25, 0.3) is 11.1 Å². The number of amides is 6. The molecule has 0 spiro atoms. The molecule has 17 bridgehead atoms. The van der Waals surface area contributed by atoms with E-state index in [1.54, 1.807) is 0 Å². The van der Waals surface area contributed by atoms with Gasteiger partial charge in [-0.15, -0.1) is 0 Å². The maximum atomic E-state index is 16.7. The zero-order valence-corrected chi connectivity index (χ0v) is 68.9. The van der Waals surface area contributed by atoms with Crippen LogP contribution >= 0.6 is 23.2 Å². The van der Waals surface area contributed by atoms with Crippen LogP contribution in [0.2, 0.25) is 10.0 Å². The van der Waals surface area contributed by atoms with Crippen LogP contribution in [-0.2, 0) is 67.2 Å². The Hall–Kier alpha value is -12.1. The summed E-state index contributed by atoms with van der Waals surface area (Å²) in [4.78, 5) is 122. The number of phenols is 4. The average Bonchev–Trinajstić information content (AvgIpc) is 0.757. The van der Waals surface area contributed by atoms with E-state index in [-0.39, 0.29) is 34.9 Å². The fourth-order valence-electron chi connectivity index (χ4n) is 16.0. The number of halogens is 2. The number of carboxylic acids is 2. The number of aromatic hydroxyl groups is 4. The highest BCUT2D eigenvalue weighted by molar-refractivity contribution is 6.33. The summed E-state index contributed by atoms with van der Waals surface area (Å²) in [6, 6.07) is 12.9. The third-order valence-corrected chi connectivity index (χ3v) is 23.5. The van der Waals surface area contributed by atoms with Gasteiger partial charge >= 0.3 is 11.9 Å². The van der Waals surface area contributed by atoms with Gasteiger partial charge in [0.05, 0.1) is 22.7 Å². The number of hydrogen-bond donors (Lipinski definition) is 21. The molecule has 36 nitrogen and oxygen atoms in total. The van der Waals surface area contributed by atoms with E-state index in [4.69, 9.17) is 56.4 Å². The van der Waals surface area contributed by atoms with Crippen LogP contribution in [0.3, 0.4) is 0 Å². The molecule has 8 aromatic carbocycles. The standard InChI is InChI=1S/C88H92Cl2N8O28/c1-3-4-5-6-7-8-9-10-11-38-12-14-40(15-13-38)36-92-70-73(106)75(108)78(86(118)119)126-87(70)125-77-59-30-44-31-60(77)122-56-25-20-43(28-51(56)89)71(104)69-84(115)97-68(85(116)117)49-32-45(100)33-58(123-88-76(109)74(107)72(105)61(37-99)124-88)62(49)48-27-41(18-23-53(48)101)65(81(112)98-69)94-82(113)66(44)95-83(114)67-50-34-47(35-55(103)63(50)90)121-57-29-42(19-24-54(57)102)64(91-2)80(111)93-52(79(110)96-67)26-39-16-21-46(120-59)22-17-39/h12-25,27-35,52,61,64-76,78,87-88,91-92,99-109H,3-11,26,36-37H2,1-2H3,(H,93,111)(H,94,113)(H,95,114)(H,96,110)(H,97,115)(H,98,112)(H,116,117)(H,118,119)/t52-,61-,64-,65-,66-,67+,68+,69?,70?,71-,72-,73-,74+,75?,76+,78?,87-,88+/m1/s1. The number of carbonyl (C=O) groups excluding carboxylic acids is 6. The topological polar surface area (TPSA) is 560 Å². The molecule has 2 saturated heterocycles. The molecule has 126 heavy (non-hydrogen) atoms. The molecule has 18 atom stereocenters. The number of aryl methyl sites for hydroxylation is 1.